The minimum absolute atomic E-state index is 0.398. The van der Waals surface area contributed by atoms with Crippen molar-refractivity contribution in [2.75, 3.05) is 17.3 Å². The topological polar surface area (TPSA) is 71.5 Å². The summed E-state index contributed by atoms with van der Waals surface area (Å²) in [5.41, 5.74) is -1.04. The number of carbonyl (C=O) groups excluding carboxylic acids is 2. The van der Waals surface area contributed by atoms with E-state index >= 15 is 0 Å². The molecule has 0 saturated heterocycles. The number of pyridine rings is 1. The van der Waals surface area contributed by atoms with Crippen molar-refractivity contribution in [3.8, 4) is 5.75 Å². The van der Waals surface area contributed by atoms with Crippen molar-refractivity contribution in [2.45, 2.75) is 12.5 Å². The Morgan fingerprint density at radius 3 is 2.68 bits per heavy atom. The van der Waals surface area contributed by atoms with Gasteiger partial charge in [-0.05, 0) is 31.2 Å². The van der Waals surface area contributed by atoms with E-state index in [4.69, 9.17) is 4.74 Å². The standard InChI is InChI=1S/C16H15N3O3/c1-16(14(20)18-11-7-4-3-5-8-11)15(21)19(2)13-12(22-16)9-6-10-17-13/h3-10H,1-2H3,(H,18,20)/t16-/m1/s1. The summed E-state index contributed by atoms with van der Waals surface area (Å²) in [5, 5.41) is 2.70. The largest absolute Gasteiger partial charge is 0.464 e. The Bertz CT molecular complexity index is 732. The minimum atomic E-state index is -1.64. The lowest BCUT2D eigenvalue weighted by Crippen LogP contribution is -2.60. The van der Waals surface area contributed by atoms with Crippen LogP contribution in [0.25, 0.3) is 0 Å². The van der Waals surface area contributed by atoms with Crippen molar-refractivity contribution >= 4 is 23.3 Å². The van der Waals surface area contributed by atoms with E-state index in [9.17, 15) is 9.59 Å². The van der Waals surface area contributed by atoms with Gasteiger partial charge in [-0.3, -0.25) is 14.5 Å². The molecule has 1 N–H and O–H groups in total. The van der Waals surface area contributed by atoms with Crippen LogP contribution in [0.1, 0.15) is 6.92 Å². The summed E-state index contributed by atoms with van der Waals surface area (Å²) >= 11 is 0. The van der Waals surface area contributed by atoms with Crippen LogP contribution >= 0.6 is 0 Å². The molecule has 1 aliphatic rings. The van der Waals surface area contributed by atoms with E-state index < -0.39 is 17.4 Å². The van der Waals surface area contributed by atoms with Gasteiger partial charge in [0.05, 0.1) is 0 Å². The highest BCUT2D eigenvalue weighted by Crippen LogP contribution is 2.35. The summed E-state index contributed by atoms with van der Waals surface area (Å²) in [5.74, 6) is -0.190. The Morgan fingerprint density at radius 1 is 1.23 bits per heavy atom. The van der Waals surface area contributed by atoms with Crippen LogP contribution in [0.4, 0.5) is 11.5 Å². The summed E-state index contributed by atoms with van der Waals surface area (Å²) in [4.78, 5) is 30.5. The number of benzene rings is 1. The molecule has 0 bridgehead atoms. The molecule has 0 radical (unpaired) electrons. The first-order valence-corrected chi connectivity index (χ1v) is 6.81. The fraction of sp³-hybridized carbons (Fsp3) is 0.188. The fourth-order valence-electron chi connectivity index (χ4n) is 2.31. The van der Waals surface area contributed by atoms with Gasteiger partial charge in [0.2, 0.25) is 0 Å². The summed E-state index contributed by atoms with van der Waals surface area (Å²) in [6.07, 6.45) is 1.57. The van der Waals surface area contributed by atoms with Gasteiger partial charge in [-0.15, -0.1) is 0 Å². The number of amides is 2. The lowest BCUT2D eigenvalue weighted by atomic mass is 10.0. The molecule has 6 heteroatoms. The van der Waals surface area contributed by atoms with Gasteiger partial charge in [0.15, 0.2) is 11.6 Å². The maximum absolute atomic E-state index is 12.6. The van der Waals surface area contributed by atoms with Crippen LogP contribution < -0.4 is 15.0 Å². The van der Waals surface area contributed by atoms with E-state index in [1.807, 2.05) is 6.07 Å². The smallest absolute Gasteiger partial charge is 0.281 e. The molecule has 0 unspecified atom stereocenters. The number of anilines is 2. The lowest BCUT2D eigenvalue weighted by Gasteiger charge is -2.36. The van der Waals surface area contributed by atoms with Crippen LogP contribution in [0.5, 0.6) is 5.75 Å². The van der Waals surface area contributed by atoms with Gasteiger partial charge in [0.1, 0.15) is 0 Å². The predicted octanol–water partition coefficient (Wildman–Crippen LogP) is 1.83. The van der Waals surface area contributed by atoms with Crippen molar-refractivity contribution in [3.05, 3.63) is 48.7 Å². The second kappa shape index (κ2) is 5.14. The molecule has 2 aromatic rings. The first-order chi connectivity index (χ1) is 10.5. The van der Waals surface area contributed by atoms with Crippen molar-refractivity contribution in [3.63, 3.8) is 0 Å². The first kappa shape index (κ1) is 14.1. The molecule has 22 heavy (non-hydrogen) atoms. The molecule has 0 spiro atoms. The average Bonchev–Trinajstić information content (AvgIpc) is 2.54. The minimum Gasteiger partial charge on any atom is -0.464 e. The molecule has 1 atom stereocenters. The third kappa shape index (κ3) is 2.18. The Balaban J connectivity index is 1.92. The number of hydrogen-bond acceptors (Lipinski definition) is 4. The third-order valence-corrected chi connectivity index (χ3v) is 3.56. The van der Waals surface area contributed by atoms with Crippen LogP contribution in [-0.2, 0) is 9.59 Å². The molecule has 6 nitrogen and oxygen atoms in total. The Labute approximate surface area is 127 Å². The molecule has 0 fully saturated rings. The maximum Gasteiger partial charge on any atom is 0.281 e. The number of likely N-dealkylation sites (N-methyl/N-ethyl adjacent to an activating group) is 1. The van der Waals surface area contributed by atoms with E-state index in [1.54, 1.807) is 49.6 Å². The summed E-state index contributed by atoms with van der Waals surface area (Å²) in [6.45, 7) is 1.46. The first-order valence-electron chi connectivity index (χ1n) is 6.81. The molecule has 112 valence electrons. The number of rotatable bonds is 2. The van der Waals surface area contributed by atoms with Gasteiger partial charge >= 0.3 is 0 Å². The Morgan fingerprint density at radius 2 is 1.95 bits per heavy atom. The van der Waals surface area contributed by atoms with Gasteiger partial charge in [0.25, 0.3) is 17.4 Å². The molecule has 2 amide bonds. The van der Waals surface area contributed by atoms with Gasteiger partial charge in [-0.25, -0.2) is 4.98 Å². The second-order valence-corrected chi connectivity index (χ2v) is 5.14. The van der Waals surface area contributed by atoms with Crippen LogP contribution in [0.2, 0.25) is 0 Å². The highest BCUT2D eigenvalue weighted by molar-refractivity contribution is 6.19. The Kier molecular flexibility index (Phi) is 3.29. The molecular weight excluding hydrogens is 282 g/mol. The number of fused-ring (bicyclic) bond motifs is 1. The average molecular weight is 297 g/mol. The number of para-hydroxylation sites is 1. The van der Waals surface area contributed by atoms with Crippen LogP contribution in [-0.4, -0.2) is 29.4 Å². The monoisotopic (exact) mass is 297 g/mol. The number of nitrogens with zero attached hydrogens (tertiary/aromatic N) is 2. The summed E-state index contributed by atoms with van der Waals surface area (Å²) in [6, 6.07) is 12.3. The van der Waals surface area contributed by atoms with E-state index in [1.165, 1.54) is 11.8 Å². The van der Waals surface area contributed by atoms with Gasteiger partial charge in [0, 0.05) is 18.9 Å². The van der Waals surface area contributed by atoms with E-state index in [0.717, 1.165) is 0 Å². The number of aromatic nitrogens is 1. The number of carbonyl (C=O) groups is 2. The van der Waals surface area contributed by atoms with Gasteiger partial charge in [-0.2, -0.15) is 0 Å². The van der Waals surface area contributed by atoms with E-state index in [2.05, 4.69) is 10.3 Å². The predicted molar refractivity (Wildman–Crippen MR) is 81.8 cm³/mol. The summed E-state index contributed by atoms with van der Waals surface area (Å²) in [7, 11) is 1.57. The van der Waals surface area contributed by atoms with Crippen molar-refractivity contribution in [1.29, 1.82) is 0 Å². The van der Waals surface area contributed by atoms with Crippen LogP contribution in [0.3, 0.4) is 0 Å². The van der Waals surface area contributed by atoms with Crippen molar-refractivity contribution in [1.82, 2.24) is 4.98 Å². The van der Waals surface area contributed by atoms with Gasteiger partial charge < -0.3 is 10.1 Å². The number of ether oxygens (including phenoxy) is 1. The molecule has 3 rings (SSSR count). The molecule has 2 heterocycles. The lowest BCUT2D eigenvalue weighted by molar-refractivity contribution is -0.145. The quantitative estimate of drug-likeness (QED) is 0.859. The van der Waals surface area contributed by atoms with E-state index in [0.29, 0.717) is 17.3 Å². The zero-order valence-corrected chi connectivity index (χ0v) is 12.2. The van der Waals surface area contributed by atoms with Crippen molar-refractivity contribution < 1.29 is 14.3 Å². The zero-order valence-electron chi connectivity index (χ0n) is 12.2. The van der Waals surface area contributed by atoms with Crippen LogP contribution in [0.15, 0.2) is 48.7 Å². The molecule has 0 saturated carbocycles. The third-order valence-electron chi connectivity index (χ3n) is 3.56. The SMILES string of the molecule is CN1C(=O)[C@@](C)(C(=O)Nc2ccccc2)Oc2cccnc21. The molecular formula is C16H15N3O3. The highest BCUT2D eigenvalue weighted by Gasteiger charge is 2.50. The fourth-order valence-corrected chi connectivity index (χ4v) is 2.31. The summed E-state index contributed by atoms with van der Waals surface area (Å²) < 4.78 is 5.67. The maximum atomic E-state index is 12.6. The zero-order chi connectivity index (χ0) is 15.7. The molecule has 1 aromatic carbocycles. The van der Waals surface area contributed by atoms with Crippen molar-refractivity contribution in [2.24, 2.45) is 0 Å². The van der Waals surface area contributed by atoms with Gasteiger partial charge in [-0.1, -0.05) is 18.2 Å². The normalized spacial score (nSPS) is 20.1. The number of hydrogen-bond donors (Lipinski definition) is 1. The molecule has 0 aliphatic carbocycles. The Hall–Kier alpha value is -2.89. The number of nitrogens with one attached hydrogen (secondary N) is 1. The highest BCUT2D eigenvalue weighted by atomic mass is 16.5. The molecule has 1 aliphatic heterocycles. The molecule has 1 aromatic heterocycles. The van der Waals surface area contributed by atoms with Crippen LogP contribution in [0, 0.1) is 0 Å². The van der Waals surface area contributed by atoms with E-state index in [-0.39, 0.29) is 0 Å². The second-order valence-electron chi connectivity index (χ2n) is 5.14.